The Labute approximate surface area is 148 Å². The molecule has 0 saturated heterocycles. The van der Waals surface area contributed by atoms with Gasteiger partial charge < -0.3 is 4.43 Å². The summed E-state index contributed by atoms with van der Waals surface area (Å²) < 4.78 is 38.5. The zero-order valence-corrected chi connectivity index (χ0v) is 17.6. The first kappa shape index (κ1) is 21.3. The van der Waals surface area contributed by atoms with Crippen LogP contribution in [-0.4, -0.2) is 33.1 Å². The molecule has 6 heteroatoms. The van der Waals surface area contributed by atoms with Gasteiger partial charge in [-0.2, -0.15) is 8.42 Å². The van der Waals surface area contributed by atoms with Crippen LogP contribution in [0.25, 0.3) is 0 Å². The van der Waals surface area contributed by atoms with Crippen molar-refractivity contribution >= 4 is 18.4 Å². The third kappa shape index (κ3) is 7.05. The summed E-state index contributed by atoms with van der Waals surface area (Å²) in [7, 11) is -6.02. The van der Waals surface area contributed by atoms with E-state index >= 15 is 0 Å². The quantitative estimate of drug-likeness (QED) is 0.538. The minimum Gasteiger partial charge on any atom is -0.414 e. The van der Waals surface area contributed by atoms with Gasteiger partial charge in [0.05, 0.1) is 5.75 Å². The lowest BCUT2D eigenvalue weighted by Gasteiger charge is -2.40. The van der Waals surface area contributed by atoms with E-state index in [-0.39, 0.29) is 22.8 Å². The van der Waals surface area contributed by atoms with E-state index in [0.29, 0.717) is 6.42 Å². The molecule has 1 aromatic carbocycles. The Balaban J connectivity index is 2.84. The van der Waals surface area contributed by atoms with E-state index in [1.165, 1.54) is 0 Å². The van der Waals surface area contributed by atoms with Crippen molar-refractivity contribution in [3.05, 3.63) is 35.9 Å². The van der Waals surface area contributed by atoms with Crippen LogP contribution < -0.4 is 0 Å². The van der Waals surface area contributed by atoms with Crippen molar-refractivity contribution in [2.45, 2.75) is 64.8 Å². The standard InChI is InChI=1S/C18H32O4SSi/c1-15(22-24(5,6)18(2,3)4)17(14-23(19,20)21)13-12-16-10-8-7-9-11-16/h7-11,15,17H,12-14H2,1-6H3,(H,19,20,21)/t15-,17+/m0/s1. The van der Waals surface area contributed by atoms with E-state index in [9.17, 15) is 13.0 Å². The number of hydrogen-bond donors (Lipinski definition) is 1. The Morgan fingerprint density at radius 1 is 1.17 bits per heavy atom. The Kier molecular flexibility index (Phi) is 7.23. The van der Waals surface area contributed by atoms with Crippen molar-refractivity contribution in [3.8, 4) is 0 Å². The van der Waals surface area contributed by atoms with Crippen LogP contribution in [0.15, 0.2) is 30.3 Å². The lowest BCUT2D eigenvalue weighted by Crippen LogP contribution is -2.45. The Morgan fingerprint density at radius 3 is 2.17 bits per heavy atom. The monoisotopic (exact) mass is 372 g/mol. The van der Waals surface area contributed by atoms with Gasteiger partial charge in [0.15, 0.2) is 8.32 Å². The van der Waals surface area contributed by atoms with Crippen LogP contribution in [0.3, 0.4) is 0 Å². The fourth-order valence-corrected chi connectivity index (χ4v) is 4.91. The number of aryl methyl sites for hydroxylation is 1. The summed E-state index contributed by atoms with van der Waals surface area (Å²) in [5.74, 6) is -0.482. The minimum atomic E-state index is -4.03. The highest BCUT2D eigenvalue weighted by atomic mass is 32.2. The fraction of sp³-hybridized carbons (Fsp3) is 0.667. The van der Waals surface area contributed by atoms with E-state index in [1.807, 2.05) is 37.3 Å². The summed E-state index contributed by atoms with van der Waals surface area (Å²) in [5, 5.41) is 0.0589. The lowest BCUT2D eigenvalue weighted by molar-refractivity contribution is 0.138. The van der Waals surface area contributed by atoms with Crippen molar-refractivity contribution in [2.24, 2.45) is 5.92 Å². The normalized spacial score (nSPS) is 16.0. The lowest BCUT2D eigenvalue weighted by atomic mass is 9.97. The first-order valence-corrected chi connectivity index (χ1v) is 13.0. The average Bonchev–Trinajstić information content (AvgIpc) is 2.41. The molecule has 0 heterocycles. The predicted molar refractivity (Wildman–Crippen MR) is 102 cm³/mol. The Bertz CT molecular complexity index is 606. The maximum atomic E-state index is 11.4. The highest BCUT2D eigenvalue weighted by Crippen LogP contribution is 2.38. The second kappa shape index (κ2) is 8.12. The molecule has 0 aliphatic heterocycles. The van der Waals surface area contributed by atoms with Gasteiger partial charge in [-0.1, -0.05) is 51.1 Å². The van der Waals surface area contributed by atoms with Gasteiger partial charge >= 0.3 is 0 Å². The van der Waals surface area contributed by atoms with Crippen molar-refractivity contribution in [1.29, 1.82) is 0 Å². The minimum absolute atomic E-state index is 0.0589. The molecule has 0 aliphatic carbocycles. The van der Waals surface area contributed by atoms with Crippen molar-refractivity contribution < 1.29 is 17.4 Å². The van der Waals surface area contributed by atoms with Crippen molar-refractivity contribution in [3.63, 3.8) is 0 Å². The maximum absolute atomic E-state index is 11.4. The van der Waals surface area contributed by atoms with Gasteiger partial charge in [0.2, 0.25) is 0 Å². The molecule has 4 nitrogen and oxygen atoms in total. The molecule has 0 aromatic heterocycles. The molecule has 0 radical (unpaired) electrons. The molecule has 24 heavy (non-hydrogen) atoms. The molecule has 138 valence electrons. The molecule has 1 N–H and O–H groups in total. The van der Waals surface area contributed by atoms with Gasteiger partial charge in [-0.15, -0.1) is 0 Å². The summed E-state index contributed by atoms with van der Waals surface area (Å²) in [6.07, 6.45) is 1.22. The first-order chi connectivity index (χ1) is 10.8. The van der Waals surface area contributed by atoms with E-state index in [0.717, 1.165) is 12.0 Å². The third-order valence-corrected chi connectivity index (χ3v) is 10.4. The summed E-state index contributed by atoms with van der Waals surface area (Å²) in [4.78, 5) is 0. The molecule has 0 bridgehead atoms. The van der Waals surface area contributed by atoms with Gasteiger partial charge in [0, 0.05) is 12.0 Å². The van der Waals surface area contributed by atoms with Crippen LogP contribution in [0.5, 0.6) is 0 Å². The van der Waals surface area contributed by atoms with Gasteiger partial charge in [-0.05, 0) is 43.5 Å². The van der Waals surface area contributed by atoms with E-state index in [1.54, 1.807) is 0 Å². The van der Waals surface area contributed by atoms with Gasteiger partial charge in [-0.3, -0.25) is 4.55 Å². The van der Waals surface area contributed by atoms with E-state index in [2.05, 4.69) is 33.9 Å². The number of rotatable bonds is 8. The zero-order chi connectivity index (χ0) is 18.6. The summed E-state index contributed by atoms with van der Waals surface area (Å²) in [6.45, 7) is 12.7. The van der Waals surface area contributed by atoms with Gasteiger partial charge in [0.1, 0.15) is 0 Å². The molecule has 0 saturated carbocycles. The molecule has 1 aromatic rings. The Hall–Kier alpha value is -0.693. The molecule has 0 spiro atoms. The van der Waals surface area contributed by atoms with Crippen LogP contribution in [0.1, 0.15) is 39.7 Å². The van der Waals surface area contributed by atoms with Crippen LogP contribution >= 0.6 is 0 Å². The van der Waals surface area contributed by atoms with Crippen LogP contribution in [0, 0.1) is 5.92 Å². The summed E-state index contributed by atoms with van der Waals surface area (Å²) in [6, 6.07) is 9.97. The topological polar surface area (TPSA) is 63.6 Å². The zero-order valence-electron chi connectivity index (χ0n) is 15.7. The first-order valence-electron chi connectivity index (χ1n) is 8.49. The summed E-state index contributed by atoms with van der Waals surface area (Å²) >= 11 is 0. The largest absolute Gasteiger partial charge is 0.414 e. The third-order valence-electron chi connectivity index (χ3n) is 5.02. The van der Waals surface area contributed by atoms with Crippen molar-refractivity contribution in [2.75, 3.05) is 5.75 Å². The highest BCUT2D eigenvalue weighted by Gasteiger charge is 2.40. The van der Waals surface area contributed by atoms with Gasteiger partial charge in [0.25, 0.3) is 10.1 Å². The van der Waals surface area contributed by atoms with E-state index in [4.69, 9.17) is 4.43 Å². The van der Waals surface area contributed by atoms with E-state index < -0.39 is 18.4 Å². The molecular formula is C18H32O4SSi. The molecule has 0 aliphatic rings. The second-order valence-corrected chi connectivity index (χ2v) is 14.4. The molecule has 0 amide bonds. The Morgan fingerprint density at radius 2 is 1.71 bits per heavy atom. The second-order valence-electron chi connectivity index (χ2n) is 8.12. The number of benzene rings is 1. The molecule has 0 fully saturated rings. The number of hydrogen-bond acceptors (Lipinski definition) is 3. The predicted octanol–water partition coefficient (Wildman–Crippen LogP) is 4.53. The smallest absolute Gasteiger partial charge is 0.265 e. The fourth-order valence-electron chi connectivity index (χ4n) is 2.46. The molecule has 0 unspecified atom stereocenters. The van der Waals surface area contributed by atoms with Gasteiger partial charge in [-0.25, -0.2) is 0 Å². The maximum Gasteiger partial charge on any atom is 0.265 e. The molecule has 2 atom stereocenters. The van der Waals surface area contributed by atoms with Crippen LogP contribution in [-0.2, 0) is 21.0 Å². The van der Waals surface area contributed by atoms with Crippen LogP contribution in [0.4, 0.5) is 0 Å². The average molecular weight is 373 g/mol. The molecule has 1 rings (SSSR count). The molecular weight excluding hydrogens is 340 g/mol. The SMILES string of the molecule is C[C@H](O[Si](C)(C)C(C)(C)C)[C@H](CCc1ccccc1)CS(=O)(=O)O. The van der Waals surface area contributed by atoms with Crippen molar-refractivity contribution in [1.82, 2.24) is 0 Å². The van der Waals surface area contributed by atoms with Crippen LogP contribution in [0.2, 0.25) is 18.1 Å². The summed E-state index contributed by atoms with van der Waals surface area (Å²) in [5.41, 5.74) is 1.16. The highest BCUT2D eigenvalue weighted by molar-refractivity contribution is 7.85.